The zero-order chi connectivity index (χ0) is 16.1. The molecule has 1 atom stereocenters. The number of allylic oxidation sites excluding steroid dienone is 5. The Balaban J connectivity index is 3.42. The summed E-state index contributed by atoms with van der Waals surface area (Å²) < 4.78 is 33.6. The Labute approximate surface area is 128 Å². The van der Waals surface area contributed by atoms with Gasteiger partial charge in [0, 0.05) is 47.9 Å². The molecule has 0 spiro atoms. The van der Waals surface area contributed by atoms with Gasteiger partial charge in [-0.05, 0) is 5.57 Å². The summed E-state index contributed by atoms with van der Waals surface area (Å²) in [6.07, 6.45) is 5.68. The van der Waals surface area contributed by atoms with E-state index in [1.807, 2.05) is 18.2 Å². The van der Waals surface area contributed by atoms with Crippen LogP contribution in [0.25, 0.3) is 0 Å². The minimum Gasteiger partial charge on any atom is -0.376 e. The molecule has 0 N–H and O–H groups in total. The lowest BCUT2D eigenvalue weighted by atomic mass is 10.1. The molecule has 0 radical (unpaired) electrons. The second kappa shape index (κ2) is 7.61. The highest BCUT2D eigenvalue weighted by Crippen LogP contribution is 2.44. The first-order valence-electron chi connectivity index (χ1n) is 6.39. The van der Waals surface area contributed by atoms with Crippen molar-refractivity contribution in [3.63, 3.8) is 0 Å². The van der Waals surface area contributed by atoms with E-state index in [0.717, 1.165) is 10.8 Å². The standard InChI is InChI=1S/C13H24O6Si2/c1-11-9-8-10-12(20(14-2,15-3)16-4)13(11)21(17-5,18-6)19-7/h8-10,13H,1H2,2-7H3. The van der Waals surface area contributed by atoms with Crippen molar-refractivity contribution >= 4 is 17.6 Å². The van der Waals surface area contributed by atoms with Gasteiger partial charge in [-0.15, -0.1) is 0 Å². The normalized spacial score (nSPS) is 19.8. The van der Waals surface area contributed by atoms with E-state index >= 15 is 0 Å². The number of hydrogen-bond donors (Lipinski definition) is 0. The Morgan fingerprint density at radius 3 is 1.71 bits per heavy atom. The van der Waals surface area contributed by atoms with Crippen LogP contribution in [0.5, 0.6) is 0 Å². The van der Waals surface area contributed by atoms with Crippen molar-refractivity contribution in [3.05, 3.63) is 35.6 Å². The van der Waals surface area contributed by atoms with Crippen LogP contribution in [0.4, 0.5) is 0 Å². The summed E-state index contributed by atoms with van der Waals surface area (Å²) in [7, 11) is 3.33. The molecule has 1 aliphatic rings. The molecule has 6 nitrogen and oxygen atoms in total. The van der Waals surface area contributed by atoms with Crippen molar-refractivity contribution in [2.75, 3.05) is 42.7 Å². The average Bonchev–Trinajstić information content (AvgIpc) is 2.53. The maximum absolute atomic E-state index is 5.62. The summed E-state index contributed by atoms with van der Waals surface area (Å²) in [5.41, 5.74) is 0.502. The number of rotatable bonds is 8. The van der Waals surface area contributed by atoms with Gasteiger partial charge >= 0.3 is 17.6 Å². The van der Waals surface area contributed by atoms with E-state index in [1.165, 1.54) is 0 Å². The highest BCUT2D eigenvalue weighted by Gasteiger charge is 2.58. The van der Waals surface area contributed by atoms with Crippen molar-refractivity contribution < 1.29 is 26.6 Å². The zero-order valence-corrected chi connectivity index (χ0v) is 15.5. The minimum absolute atomic E-state index is 0.311. The topological polar surface area (TPSA) is 55.4 Å². The average molecular weight is 333 g/mol. The van der Waals surface area contributed by atoms with Gasteiger partial charge in [-0.3, -0.25) is 0 Å². The minimum atomic E-state index is -3.04. The second-order valence-electron chi connectivity index (χ2n) is 4.37. The largest absolute Gasteiger partial charge is 0.532 e. The molecule has 1 rings (SSSR count). The van der Waals surface area contributed by atoms with E-state index in [-0.39, 0.29) is 5.54 Å². The summed E-state index contributed by atoms with van der Waals surface area (Å²) in [6.45, 7) is 4.09. The van der Waals surface area contributed by atoms with E-state index in [1.54, 1.807) is 42.7 Å². The predicted octanol–water partition coefficient (Wildman–Crippen LogP) is 1.70. The summed E-state index contributed by atoms with van der Waals surface area (Å²) in [6, 6.07) is 0. The predicted molar refractivity (Wildman–Crippen MR) is 83.7 cm³/mol. The monoisotopic (exact) mass is 332 g/mol. The van der Waals surface area contributed by atoms with E-state index < -0.39 is 17.6 Å². The fraction of sp³-hybridized carbons (Fsp3) is 0.538. The van der Waals surface area contributed by atoms with Crippen LogP contribution in [0, 0.1) is 0 Å². The molecule has 0 heterocycles. The van der Waals surface area contributed by atoms with Gasteiger partial charge in [0.05, 0.1) is 5.54 Å². The van der Waals surface area contributed by atoms with E-state index in [9.17, 15) is 0 Å². The van der Waals surface area contributed by atoms with Gasteiger partial charge in [-0.25, -0.2) is 0 Å². The van der Waals surface area contributed by atoms with Gasteiger partial charge in [0.25, 0.3) is 0 Å². The van der Waals surface area contributed by atoms with Crippen molar-refractivity contribution in [1.29, 1.82) is 0 Å². The maximum Gasteiger partial charge on any atom is 0.532 e. The van der Waals surface area contributed by atoms with Crippen LogP contribution in [0.1, 0.15) is 0 Å². The van der Waals surface area contributed by atoms with E-state index in [4.69, 9.17) is 26.6 Å². The molecule has 0 saturated carbocycles. The molecule has 0 aromatic heterocycles. The van der Waals surface area contributed by atoms with Crippen molar-refractivity contribution in [2.45, 2.75) is 5.54 Å². The van der Waals surface area contributed by atoms with E-state index in [0.29, 0.717) is 0 Å². The van der Waals surface area contributed by atoms with Crippen LogP contribution in [0.15, 0.2) is 35.6 Å². The third kappa shape index (κ3) is 3.12. The van der Waals surface area contributed by atoms with Crippen LogP contribution < -0.4 is 0 Å². The SMILES string of the molecule is C=C1C=CC=C([Si](OC)(OC)OC)C1[Si](OC)(OC)OC. The first-order valence-corrected chi connectivity index (χ1v) is 9.91. The Morgan fingerprint density at radius 2 is 1.33 bits per heavy atom. The fourth-order valence-electron chi connectivity index (χ4n) is 2.57. The molecule has 8 heteroatoms. The zero-order valence-electron chi connectivity index (χ0n) is 13.5. The van der Waals surface area contributed by atoms with Crippen LogP contribution in [0.3, 0.4) is 0 Å². The highest BCUT2D eigenvalue weighted by molar-refractivity contribution is 6.75. The molecule has 0 aliphatic heterocycles. The quantitative estimate of drug-likeness (QED) is 0.631. The van der Waals surface area contributed by atoms with Gasteiger partial charge in [0.2, 0.25) is 0 Å². The second-order valence-corrected chi connectivity index (χ2v) is 10.3. The Hall–Kier alpha value is -0.586. The van der Waals surface area contributed by atoms with Crippen LogP contribution in [0.2, 0.25) is 5.54 Å². The lowest BCUT2D eigenvalue weighted by molar-refractivity contribution is 0.111. The first kappa shape index (κ1) is 18.5. The highest BCUT2D eigenvalue weighted by atomic mass is 28.4. The van der Waals surface area contributed by atoms with E-state index in [2.05, 4.69) is 6.58 Å². The van der Waals surface area contributed by atoms with Crippen LogP contribution in [-0.2, 0) is 26.6 Å². The van der Waals surface area contributed by atoms with Crippen LogP contribution in [-0.4, -0.2) is 60.3 Å². The Morgan fingerprint density at radius 1 is 0.857 bits per heavy atom. The first-order chi connectivity index (χ1) is 10.0. The smallest absolute Gasteiger partial charge is 0.376 e. The Kier molecular flexibility index (Phi) is 6.69. The molecular formula is C13H24O6Si2. The molecular weight excluding hydrogens is 308 g/mol. The third-order valence-corrected chi connectivity index (χ3v) is 9.79. The number of hydrogen-bond acceptors (Lipinski definition) is 6. The maximum atomic E-state index is 5.62. The lowest BCUT2D eigenvalue weighted by Gasteiger charge is -2.39. The molecule has 1 unspecified atom stereocenters. The molecule has 1 aliphatic carbocycles. The van der Waals surface area contributed by atoms with Gasteiger partial charge < -0.3 is 26.6 Å². The molecule has 21 heavy (non-hydrogen) atoms. The summed E-state index contributed by atoms with van der Waals surface area (Å²) in [5.74, 6) is 0. The summed E-state index contributed by atoms with van der Waals surface area (Å²) in [4.78, 5) is 0. The molecule has 120 valence electrons. The molecule has 0 bridgehead atoms. The van der Waals surface area contributed by atoms with Crippen molar-refractivity contribution in [3.8, 4) is 0 Å². The molecule has 0 saturated heterocycles. The molecule has 0 aromatic carbocycles. The van der Waals surface area contributed by atoms with Gasteiger partial charge in [0.1, 0.15) is 0 Å². The summed E-state index contributed by atoms with van der Waals surface area (Å²) in [5, 5.41) is 0.819. The van der Waals surface area contributed by atoms with Gasteiger partial charge in [-0.2, -0.15) is 0 Å². The molecule has 0 aromatic rings. The fourth-order valence-corrected chi connectivity index (χ4v) is 7.91. The van der Waals surface area contributed by atoms with Crippen molar-refractivity contribution in [2.24, 2.45) is 0 Å². The van der Waals surface area contributed by atoms with Crippen molar-refractivity contribution in [1.82, 2.24) is 0 Å². The third-order valence-electron chi connectivity index (χ3n) is 3.63. The summed E-state index contributed by atoms with van der Waals surface area (Å²) >= 11 is 0. The van der Waals surface area contributed by atoms with Gasteiger partial charge in [0.15, 0.2) is 0 Å². The van der Waals surface area contributed by atoms with Gasteiger partial charge in [-0.1, -0.05) is 24.8 Å². The van der Waals surface area contributed by atoms with Crippen LogP contribution >= 0.6 is 0 Å². The molecule has 0 fully saturated rings. The lowest BCUT2D eigenvalue weighted by Crippen LogP contribution is -2.56. The Bertz CT molecular complexity index is 410. The molecule has 0 amide bonds.